The van der Waals surface area contributed by atoms with Gasteiger partial charge >= 0.3 is 0 Å². The van der Waals surface area contributed by atoms with E-state index in [0.717, 1.165) is 19.3 Å². The van der Waals surface area contributed by atoms with Gasteiger partial charge in [-0.25, -0.2) is 0 Å². The zero-order valence-corrected chi connectivity index (χ0v) is 10.9. The van der Waals surface area contributed by atoms with Gasteiger partial charge in [0.05, 0.1) is 4.92 Å². The van der Waals surface area contributed by atoms with Gasteiger partial charge in [0, 0.05) is 30.0 Å². The van der Waals surface area contributed by atoms with Gasteiger partial charge in [-0.15, -0.1) is 0 Å². The van der Waals surface area contributed by atoms with Gasteiger partial charge in [-0.05, 0) is 25.3 Å². The predicted molar refractivity (Wildman–Crippen MR) is 73.0 cm³/mol. The summed E-state index contributed by atoms with van der Waals surface area (Å²) in [7, 11) is 0. The minimum Gasteiger partial charge on any atom is -0.360 e. The highest BCUT2D eigenvalue weighted by atomic mass is 35.5. The first kappa shape index (κ1) is 13.8. The third kappa shape index (κ3) is 3.42. The van der Waals surface area contributed by atoms with Crippen LogP contribution >= 0.6 is 11.6 Å². The van der Waals surface area contributed by atoms with Crippen LogP contribution in [-0.4, -0.2) is 22.9 Å². The van der Waals surface area contributed by atoms with E-state index in [0.29, 0.717) is 17.9 Å². The Labute approximate surface area is 115 Å². The van der Waals surface area contributed by atoms with Crippen molar-refractivity contribution >= 4 is 28.1 Å². The Kier molecular flexibility index (Phi) is 4.34. The molecule has 1 aliphatic rings. The van der Waals surface area contributed by atoms with E-state index in [1.54, 1.807) is 6.07 Å². The minimum absolute atomic E-state index is 0.0875. The second kappa shape index (κ2) is 5.99. The lowest BCUT2D eigenvalue weighted by Crippen LogP contribution is -2.27. The Balaban J connectivity index is 2.23. The van der Waals surface area contributed by atoms with E-state index in [2.05, 4.69) is 5.32 Å². The summed E-state index contributed by atoms with van der Waals surface area (Å²) in [6.45, 7) is 0.693. The molecular weight excluding hydrogens is 270 g/mol. The van der Waals surface area contributed by atoms with Gasteiger partial charge < -0.3 is 10.1 Å². The van der Waals surface area contributed by atoms with Crippen molar-refractivity contribution in [2.75, 3.05) is 11.9 Å². The summed E-state index contributed by atoms with van der Waals surface area (Å²) in [5.74, 6) is 0. The number of rotatable bonds is 4. The van der Waals surface area contributed by atoms with Gasteiger partial charge in [-0.2, -0.15) is 0 Å². The lowest BCUT2D eigenvalue weighted by atomic mass is 10.1. The first-order valence-corrected chi connectivity index (χ1v) is 6.37. The maximum atomic E-state index is 10.7. The quantitative estimate of drug-likeness (QED) is 0.505. The predicted octanol–water partition coefficient (Wildman–Crippen LogP) is 3.10. The second-order valence-corrected chi connectivity index (χ2v) is 4.68. The fourth-order valence-electron chi connectivity index (χ4n) is 1.98. The summed E-state index contributed by atoms with van der Waals surface area (Å²) in [5.41, 5.74) is 0.804. The molecule has 7 heteroatoms. The SMILES string of the molecule is N=C(Cl)c1cc([N+](=O)[O-])ccc1NC1CCCCO1. The molecule has 1 heterocycles. The molecule has 1 aliphatic heterocycles. The average molecular weight is 284 g/mol. The molecule has 0 spiro atoms. The number of benzene rings is 1. The Bertz CT molecular complexity index is 501. The number of hydrogen-bond donors (Lipinski definition) is 2. The maximum Gasteiger partial charge on any atom is 0.270 e. The van der Waals surface area contributed by atoms with Crippen molar-refractivity contribution in [3.8, 4) is 0 Å². The van der Waals surface area contributed by atoms with Crippen LogP contribution in [-0.2, 0) is 4.74 Å². The molecule has 1 aromatic carbocycles. The molecular formula is C12H14ClN3O3. The summed E-state index contributed by atoms with van der Waals surface area (Å²) in [4.78, 5) is 10.2. The van der Waals surface area contributed by atoms with Crippen molar-refractivity contribution in [2.45, 2.75) is 25.5 Å². The van der Waals surface area contributed by atoms with Crippen molar-refractivity contribution in [3.05, 3.63) is 33.9 Å². The zero-order valence-electron chi connectivity index (χ0n) is 10.2. The van der Waals surface area contributed by atoms with Crippen molar-refractivity contribution in [1.29, 1.82) is 5.41 Å². The van der Waals surface area contributed by atoms with Crippen LogP contribution in [0.4, 0.5) is 11.4 Å². The molecule has 1 saturated heterocycles. The Morgan fingerprint density at radius 1 is 1.53 bits per heavy atom. The molecule has 0 aliphatic carbocycles. The molecule has 2 rings (SSSR count). The molecule has 1 atom stereocenters. The average Bonchev–Trinajstić information content (AvgIpc) is 2.39. The monoisotopic (exact) mass is 283 g/mol. The molecule has 19 heavy (non-hydrogen) atoms. The molecule has 0 amide bonds. The number of hydrogen-bond acceptors (Lipinski definition) is 5. The highest BCUT2D eigenvalue weighted by Crippen LogP contribution is 2.26. The molecule has 0 aromatic heterocycles. The first-order valence-electron chi connectivity index (χ1n) is 5.99. The van der Waals surface area contributed by atoms with Crippen LogP contribution in [0.5, 0.6) is 0 Å². The molecule has 0 bridgehead atoms. The van der Waals surface area contributed by atoms with Crippen LogP contribution in [0.25, 0.3) is 0 Å². The number of nitrogens with zero attached hydrogens (tertiary/aromatic N) is 1. The molecule has 6 nitrogen and oxygen atoms in total. The van der Waals surface area contributed by atoms with Crippen molar-refractivity contribution in [2.24, 2.45) is 0 Å². The lowest BCUT2D eigenvalue weighted by Gasteiger charge is -2.25. The highest BCUT2D eigenvalue weighted by molar-refractivity contribution is 6.69. The van der Waals surface area contributed by atoms with E-state index < -0.39 is 4.92 Å². The molecule has 2 N–H and O–H groups in total. The second-order valence-electron chi connectivity index (χ2n) is 4.30. The number of anilines is 1. The van der Waals surface area contributed by atoms with Crippen LogP contribution < -0.4 is 5.32 Å². The van der Waals surface area contributed by atoms with E-state index in [1.165, 1.54) is 12.1 Å². The van der Waals surface area contributed by atoms with Crippen molar-refractivity contribution in [1.82, 2.24) is 0 Å². The summed E-state index contributed by atoms with van der Waals surface area (Å²) in [6.07, 6.45) is 2.84. The molecule has 102 valence electrons. The number of nitro benzene ring substituents is 1. The Morgan fingerprint density at radius 3 is 2.89 bits per heavy atom. The fraction of sp³-hybridized carbons (Fsp3) is 0.417. The number of nitro groups is 1. The third-order valence-electron chi connectivity index (χ3n) is 2.95. The van der Waals surface area contributed by atoms with Gasteiger partial charge in [0.15, 0.2) is 0 Å². The summed E-state index contributed by atoms with van der Waals surface area (Å²) < 4.78 is 5.54. The van der Waals surface area contributed by atoms with E-state index in [4.69, 9.17) is 21.7 Å². The fourth-order valence-corrected chi connectivity index (χ4v) is 2.14. The van der Waals surface area contributed by atoms with Crippen LogP contribution in [0.1, 0.15) is 24.8 Å². The van der Waals surface area contributed by atoms with Gasteiger partial charge in [-0.3, -0.25) is 15.5 Å². The number of non-ortho nitro benzene ring substituents is 1. The van der Waals surface area contributed by atoms with Gasteiger partial charge in [0.2, 0.25) is 0 Å². The van der Waals surface area contributed by atoms with Gasteiger partial charge in [0.1, 0.15) is 11.4 Å². The zero-order chi connectivity index (χ0) is 13.8. The van der Waals surface area contributed by atoms with Crippen LogP contribution in [0.2, 0.25) is 0 Å². The number of ether oxygens (including phenoxy) is 1. The molecule has 0 saturated carbocycles. The Hall–Kier alpha value is -1.66. The summed E-state index contributed by atoms with van der Waals surface area (Å²) in [5, 5.41) is 21.1. The number of halogens is 1. The van der Waals surface area contributed by atoms with E-state index in [9.17, 15) is 10.1 Å². The lowest BCUT2D eigenvalue weighted by molar-refractivity contribution is -0.384. The standard InChI is InChI=1S/C12H14ClN3O3/c13-12(14)9-7-8(16(17)18)4-5-10(9)15-11-3-1-2-6-19-11/h4-5,7,11,14-15H,1-3,6H2. The Morgan fingerprint density at radius 2 is 2.32 bits per heavy atom. The van der Waals surface area contributed by atoms with Crippen LogP contribution in [0.15, 0.2) is 18.2 Å². The van der Waals surface area contributed by atoms with E-state index >= 15 is 0 Å². The smallest absolute Gasteiger partial charge is 0.270 e. The van der Waals surface area contributed by atoms with Crippen LogP contribution in [0, 0.1) is 15.5 Å². The minimum atomic E-state index is -0.510. The number of nitrogens with one attached hydrogen (secondary N) is 2. The van der Waals surface area contributed by atoms with E-state index in [-0.39, 0.29) is 17.1 Å². The molecule has 1 unspecified atom stereocenters. The normalized spacial score (nSPS) is 18.9. The molecule has 1 fully saturated rings. The van der Waals surface area contributed by atoms with Crippen molar-refractivity contribution < 1.29 is 9.66 Å². The molecule has 1 aromatic rings. The van der Waals surface area contributed by atoms with Crippen LogP contribution in [0.3, 0.4) is 0 Å². The summed E-state index contributed by atoms with van der Waals surface area (Å²) in [6, 6.07) is 4.23. The first-order chi connectivity index (χ1) is 9.08. The van der Waals surface area contributed by atoms with Crippen molar-refractivity contribution in [3.63, 3.8) is 0 Å². The largest absolute Gasteiger partial charge is 0.360 e. The van der Waals surface area contributed by atoms with Gasteiger partial charge in [-0.1, -0.05) is 11.6 Å². The molecule has 0 radical (unpaired) electrons. The van der Waals surface area contributed by atoms with E-state index in [1.807, 2.05) is 0 Å². The summed E-state index contributed by atoms with van der Waals surface area (Å²) >= 11 is 5.68. The third-order valence-corrected chi connectivity index (χ3v) is 3.15. The van der Waals surface area contributed by atoms with Gasteiger partial charge in [0.25, 0.3) is 5.69 Å². The topological polar surface area (TPSA) is 88.2 Å². The maximum absolute atomic E-state index is 10.7. The highest BCUT2D eigenvalue weighted by Gasteiger charge is 2.18.